The molecule has 37 heavy (non-hydrogen) atoms. The van der Waals surface area contributed by atoms with Crippen LogP contribution in [0.25, 0.3) is 10.8 Å². The van der Waals surface area contributed by atoms with Crippen molar-refractivity contribution in [3.05, 3.63) is 77.3 Å². The van der Waals surface area contributed by atoms with Crippen LogP contribution in [0.5, 0.6) is 5.88 Å². The highest BCUT2D eigenvalue weighted by molar-refractivity contribution is 5.88. The summed E-state index contributed by atoms with van der Waals surface area (Å²) in [4.78, 5) is 19.3. The molecular weight excluding hydrogens is 470 g/mol. The minimum Gasteiger partial charge on any atom is -0.475 e. The zero-order valence-corrected chi connectivity index (χ0v) is 22.1. The van der Waals surface area contributed by atoms with Gasteiger partial charge < -0.3 is 29.2 Å². The maximum Gasteiger partial charge on any atom is 0.513 e. The Labute approximate surface area is 218 Å². The normalized spacial score (nSPS) is 15.1. The number of allylic oxidation sites excluding steroid dienone is 1. The Kier molecular flexibility index (Phi) is 8.63. The third kappa shape index (κ3) is 6.21. The second-order valence-electron chi connectivity index (χ2n) is 9.35. The van der Waals surface area contributed by atoms with Crippen molar-refractivity contribution >= 4 is 22.6 Å². The summed E-state index contributed by atoms with van der Waals surface area (Å²) in [6.07, 6.45) is 0.848. The Morgan fingerprint density at radius 3 is 2.65 bits per heavy atom. The first-order valence-electron chi connectivity index (χ1n) is 12.6. The van der Waals surface area contributed by atoms with Crippen molar-refractivity contribution in [2.45, 2.75) is 32.8 Å². The van der Waals surface area contributed by atoms with E-state index in [1.165, 1.54) is 0 Å². The molecule has 1 aromatic heterocycles. The van der Waals surface area contributed by atoms with Crippen molar-refractivity contribution in [2.24, 2.45) is 0 Å². The van der Waals surface area contributed by atoms with Gasteiger partial charge in [0.2, 0.25) is 5.88 Å². The van der Waals surface area contributed by atoms with Gasteiger partial charge in [0, 0.05) is 18.4 Å². The molecule has 196 valence electrons. The maximum absolute atomic E-state index is 12.7. The number of nitrogens with one attached hydrogen (secondary N) is 1. The predicted molar refractivity (Wildman–Crippen MR) is 144 cm³/mol. The zero-order chi connectivity index (χ0) is 26.4. The molecule has 3 aromatic rings. The van der Waals surface area contributed by atoms with Gasteiger partial charge in [-0.05, 0) is 57.3 Å². The minimum atomic E-state index is -0.769. The number of aromatic nitrogens is 1. The summed E-state index contributed by atoms with van der Waals surface area (Å²) in [5.74, 6) is 0.408. The number of carbonyl (C=O) groups excluding carboxylic acids is 1. The molecule has 0 amide bonds. The first kappa shape index (κ1) is 26.4. The molecule has 0 saturated heterocycles. The molecule has 0 fully saturated rings. The van der Waals surface area contributed by atoms with Crippen LogP contribution in [0.4, 0.5) is 10.5 Å². The van der Waals surface area contributed by atoms with Crippen molar-refractivity contribution in [1.29, 1.82) is 0 Å². The Bertz CT molecular complexity index is 1270. The summed E-state index contributed by atoms with van der Waals surface area (Å²) >= 11 is 0. The van der Waals surface area contributed by atoms with Crippen LogP contribution in [-0.4, -0.2) is 62.6 Å². The summed E-state index contributed by atoms with van der Waals surface area (Å²) in [6, 6.07) is 16.2. The monoisotopic (exact) mass is 505 g/mol. The second-order valence-corrected chi connectivity index (χ2v) is 9.35. The van der Waals surface area contributed by atoms with Gasteiger partial charge in [-0.1, -0.05) is 42.5 Å². The van der Waals surface area contributed by atoms with Crippen LogP contribution in [0.15, 0.2) is 66.2 Å². The highest BCUT2D eigenvalue weighted by Crippen LogP contribution is 2.47. The number of hydrogen-bond donors (Lipinski definition) is 1. The lowest BCUT2D eigenvalue weighted by molar-refractivity contribution is 0.0752. The van der Waals surface area contributed by atoms with Crippen LogP contribution in [0.2, 0.25) is 0 Å². The van der Waals surface area contributed by atoms with E-state index in [1.54, 1.807) is 13.1 Å². The molecule has 0 radical (unpaired) electrons. The number of anilines is 1. The van der Waals surface area contributed by atoms with Gasteiger partial charge in [-0.25, -0.2) is 9.78 Å². The van der Waals surface area contributed by atoms with Crippen LogP contribution >= 0.6 is 0 Å². The van der Waals surface area contributed by atoms with E-state index >= 15 is 0 Å². The number of carbonyl (C=O) groups is 1. The van der Waals surface area contributed by atoms with Crippen LogP contribution in [0.3, 0.4) is 0 Å². The fourth-order valence-corrected chi connectivity index (χ4v) is 4.37. The molecule has 1 unspecified atom stereocenters. The highest BCUT2D eigenvalue weighted by Gasteiger charge is 2.37. The van der Waals surface area contributed by atoms with E-state index in [0.717, 1.165) is 34.1 Å². The number of ether oxygens (including phenoxy) is 4. The molecular formula is C29H35N3O5. The lowest BCUT2D eigenvalue weighted by Crippen LogP contribution is -2.27. The number of fused-ring (bicyclic) bond motifs is 2. The van der Waals surface area contributed by atoms with E-state index in [-0.39, 0.29) is 19.3 Å². The Hall–Kier alpha value is -3.62. The Morgan fingerprint density at radius 2 is 1.89 bits per heavy atom. The SMILES string of the molecule is CCOC(=O)OC1=C(COCCN(C)C)Nc2ccnc(OC(C)C)c2C1c1cccc2ccccc12. The van der Waals surface area contributed by atoms with E-state index in [4.69, 9.17) is 18.9 Å². The van der Waals surface area contributed by atoms with Gasteiger partial charge in [-0.2, -0.15) is 0 Å². The molecule has 2 heterocycles. The summed E-state index contributed by atoms with van der Waals surface area (Å²) in [7, 11) is 3.99. The molecule has 2 aromatic carbocycles. The molecule has 1 N–H and O–H groups in total. The predicted octanol–water partition coefficient (Wildman–Crippen LogP) is 5.54. The van der Waals surface area contributed by atoms with Gasteiger partial charge in [-0.3, -0.25) is 0 Å². The fourth-order valence-electron chi connectivity index (χ4n) is 4.37. The van der Waals surface area contributed by atoms with Crippen molar-refractivity contribution in [2.75, 3.05) is 45.8 Å². The van der Waals surface area contributed by atoms with Crippen molar-refractivity contribution < 1.29 is 23.7 Å². The average molecular weight is 506 g/mol. The van der Waals surface area contributed by atoms with Crippen molar-refractivity contribution in [3.8, 4) is 5.88 Å². The van der Waals surface area contributed by atoms with Gasteiger partial charge in [-0.15, -0.1) is 0 Å². The van der Waals surface area contributed by atoms with E-state index in [1.807, 2.05) is 63.2 Å². The van der Waals surface area contributed by atoms with Crippen LogP contribution in [-0.2, 0) is 14.2 Å². The van der Waals surface area contributed by atoms with Gasteiger partial charge in [0.25, 0.3) is 0 Å². The summed E-state index contributed by atoms with van der Waals surface area (Å²) in [5.41, 5.74) is 3.24. The Balaban J connectivity index is 1.90. The quantitative estimate of drug-likeness (QED) is 0.284. The first-order chi connectivity index (χ1) is 17.9. The average Bonchev–Trinajstić information content (AvgIpc) is 2.86. The number of likely N-dealkylation sites (N-methyl/N-ethyl adjacent to an activating group) is 1. The number of rotatable bonds is 10. The highest BCUT2D eigenvalue weighted by atomic mass is 16.7. The van der Waals surface area contributed by atoms with Crippen LogP contribution < -0.4 is 10.1 Å². The Morgan fingerprint density at radius 1 is 1.11 bits per heavy atom. The smallest absolute Gasteiger partial charge is 0.475 e. The summed E-state index contributed by atoms with van der Waals surface area (Å²) < 4.78 is 23.3. The van der Waals surface area contributed by atoms with Gasteiger partial charge in [0.05, 0.1) is 43.1 Å². The third-order valence-corrected chi connectivity index (χ3v) is 5.95. The van der Waals surface area contributed by atoms with Gasteiger partial charge in [0.15, 0.2) is 0 Å². The summed E-state index contributed by atoms with van der Waals surface area (Å²) in [6.45, 7) is 7.38. The lowest BCUT2D eigenvalue weighted by Gasteiger charge is -2.32. The first-order valence-corrected chi connectivity index (χ1v) is 12.6. The van der Waals surface area contributed by atoms with Gasteiger partial charge >= 0.3 is 6.16 Å². The van der Waals surface area contributed by atoms with Crippen molar-refractivity contribution in [3.63, 3.8) is 0 Å². The molecule has 4 rings (SSSR count). The molecule has 0 bridgehead atoms. The van der Waals surface area contributed by atoms with E-state index in [2.05, 4.69) is 28.5 Å². The number of hydrogen-bond acceptors (Lipinski definition) is 8. The fraction of sp³-hybridized carbons (Fsp3) is 0.379. The van der Waals surface area contributed by atoms with Crippen molar-refractivity contribution in [1.82, 2.24) is 9.88 Å². The molecule has 0 aliphatic carbocycles. The van der Waals surface area contributed by atoms with E-state index < -0.39 is 12.1 Å². The number of benzene rings is 2. The lowest BCUT2D eigenvalue weighted by atomic mass is 9.83. The second kappa shape index (κ2) is 12.1. The minimum absolute atomic E-state index is 0.0960. The van der Waals surface area contributed by atoms with Gasteiger partial charge in [0.1, 0.15) is 5.76 Å². The van der Waals surface area contributed by atoms with Crippen LogP contribution in [0.1, 0.15) is 37.8 Å². The molecule has 1 aliphatic heterocycles. The summed E-state index contributed by atoms with van der Waals surface area (Å²) in [5, 5.41) is 5.55. The van der Waals surface area contributed by atoms with E-state index in [9.17, 15) is 4.79 Å². The number of pyridine rings is 1. The molecule has 8 nitrogen and oxygen atoms in total. The molecule has 1 aliphatic rings. The number of nitrogens with zero attached hydrogens (tertiary/aromatic N) is 2. The molecule has 0 saturated carbocycles. The maximum atomic E-state index is 12.7. The molecule has 8 heteroatoms. The zero-order valence-electron chi connectivity index (χ0n) is 22.1. The molecule has 1 atom stereocenters. The van der Waals surface area contributed by atoms with E-state index in [0.29, 0.717) is 23.9 Å². The largest absolute Gasteiger partial charge is 0.513 e. The third-order valence-electron chi connectivity index (χ3n) is 5.95. The van der Waals surface area contributed by atoms with Crippen LogP contribution in [0, 0.1) is 0 Å². The molecule has 0 spiro atoms. The standard InChI is InChI=1S/C29H35N3O5/c1-6-35-29(33)37-27-24(18-34-17-16-32(4)5)31-23-14-15-30-28(36-19(2)3)26(23)25(27)22-13-9-11-20-10-7-8-12-21(20)22/h7-15,19,25,31H,6,16-18H2,1-5H3. The topological polar surface area (TPSA) is 82.2 Å².